The molecule has 0 saturated heterocycles. The Balaban J connectivity index is 1.73. The molecule has 0 radical (unpaired) electrons. The summed E-state index contributed by atoms with van der Waals surface area (Å²) in [5.74, 6) is -0.927. The molecule has 0 spiro atoms. The van der Waals surface area contributed by atoms with E-state index in [1.807, 2.05) is 0 Å². The summed E-state index contributed by atoms with van der Waals surface area (Å²) in [6, 6.07) is 5.62. The zero-order valence-electron chi connectivity index (χ0n) is 13.5. The highest BCUT2D eigenvalue weighted by Gasteiger charge is 2.23. The fourth-order valence-electron chi connectivity index (χ4n) is 2.70. The van der Waals surface area contributed by atoms with Crippen LogP contribution in [-0.2, 0) is 9.53 Å². The first-order valence-corrected chi connectivity index (χ1v) is 8.36. The maximum Gasteiger partial charge on any atom is 0.338 e. The predicted molar refractivity (Wildman–Crippen MR) is 89.8 cm³/mol. The van der Waals surface area contributed by atoms with E-state index in [9.17, 15) is 14.4 Å². The van der Waals surface area contributed by atoms with E-state index in [0.29, 0.717) is 10.9 Å². The molecule has 1 fully saturated rings. The Kier molecular flexibility index (Phi) is 6.61. The zero-order chi connectivity index (χ0) is 17.5. The van der Waals surface area contributed by atoms with Gasteiger partial charge in [0.25, 0.3) is 5.91 Å². The van der Waals surface area contributed by atoms with Crippen LogP contribution < -0.4 is 10.6 Å². The summed E-state index contributed by atoms with van der Waals surface area (Å²) in [6.45, 7) is 1.56. The van der Waals surface area contributed by atoms with Gasteiger partial charge in [-0.3, -0.25) is 10.1 Å². The molecule has 2 N–H and O–H groups in total. The van der Waals surface area contributed by atoms with Crippen LogP contribution in [0.1, 0.15) is 43.0 Å². The van der Waals surface area contributed by atoms with Gasteiger partial charge in [0.15, 0.2) is 6.61 Å². The Hall–Kier alpha value is -2.08. The molecule has 24 heavy (non-hydrogen) atoms. The van der Waals surface area contributed by atoms with Crippen LogP contribution in [0.2, 0.25) is 5.02 Å². The number of ether oxygens (including phenoxy) is 1. The monoisotopic (exact) mass is 352 g/mol. The van der Waals surface area contributed by atoms with Crippen molar-refractivity contribution in [2.45, 2.75) is 38.6 Å². The summed E-state index contributed by atoms with van der Waals surface area (Å²) in [5, 5.41) is 5.47. The highest BCUT2D eigenvalue weighted by Crippen LogP contribution is 2.23. The molecule has 130 valence electrons. The quantitative estimate of drug-likeness (QED) is 0.816. The third kappa shape index (κ3) is 5.53. The van der Waals surface area contributed by atoms with Gasteiger partial charge in [-0.05, 0) is 43.0 Å². The number of nitrogens with one attached hydrogen (secondary N) is 2. The van der Waals surface area contributed by atoms with Gasteiger partial charge < -0.3 is 10.1 Å². The van der Waals surface area contributed by atoms with Crippen molar-refractivity contribution >= 4 is 29.5 Å². The van der Waals surface area contributed by atoms with E-state index in [-0.39, 0.29) is 11.6 Å². The van der Waals surface area contributed by atoms with Gasteiger partial charge in [-0.25, -0.2) is 9.59 Å². The largest absolute Gasteiger partial charge is 0.452 e. The molecule has 1 aliphatic rings. The number of urea groups is 1. The van der Waals surface area contributed by atoms with Crippen LogP contribution in [0, 0.1) is 5.92 Å². The van der Waals surface area contributed by atoms with Crippen molar-refractivity contribution in [1.82, 2.24) is 10.6 Å². The molecule has 6 nitrogen and oxygen atoms in total. The van der Waals surface area contributed by atoms with Gasteiger partial charge in [0, 0.05) is 11.1 Å². The van der Waals surface area contributed by atoms with E-state index in [0.717, 1.165) is 19.3 Å². The predicted octanol–water partition coefficient (Wildman–Crippen LogP) is 2.90. The second-order valence-corrected chi connectivity index (χ2v) is 6.41. The minimum Gasteiger partial charge on any atom is -0.452 e. The first kappa shape index (κ1) is 18.3. The molecular formula is C17H21ClN2O4. The molecule has 1 aromatic carbocycles. The van der Waals surface area contributed by atoms with Crippen molar-refractivity contribution < 1.29 is 19.1 Å². The average molecular weight is 353 g/mol. The minimum absolute atomic E-state index is 0.0724. The summed E-state index contributed by atoms with van der Waals surface area (Å²) in [6.07, 6.45) is 4.22. The molecule has 0 aliphatic heterocycles. The van der Waals surface area contributed by atoms with Crippen molar-refractivity contribution in [3.63, 3.8) is 0 Å². The van der Waals surface area contributed by atoms with E-state index < -0.39 is 24.5 Å². The highest BCUT2D eigenvalue weighted by atomic mass is 35.5. The number of hydrogen-bond acceptors (Lipinski definition) is 4. The Morgan fingerprint density at radius 1 is 1.17 bits per heavy atom. The minimum atomic E-state index is -0.668. The first-order chi connectivity index (χ1) is 11.5. The summed E-state index contributed by atoms with van der Waals surface area (Å²) in [4.78, 5) is 35.3. The standard InChI is InChI=1S/C17H21ClN2O4/c1-11-4-2-3-5-14(11)19-17(23)20-15(21)10-24-16(22)12-6-8-13(18)9-7-12/h6-9,11,14H,2-5,10H2,1H3,(H2,19,20,21,23)/t11-,14-/m0/s1. The number of rotatable bonds is 4. The van der Waals surface area contributed by atoms with Crippen molar-refractivity contribution in [3.05, 3.63) is 34.9 Å². The van der Waals surface area contributed by atoms with Crippen LogP contribution in [0.5, 0.6) is 0 Å². The summed E-state index contributed by atoms with van der Waals surface area (Å²) < 4.78 is 4.87. The van der Waals surface area contributed by atoms with E-state index >= 15 is 0 Å². The van der Waals surface area contributed by atoms with Crippen molar-refractivity contribution in [3.8, 4) is 0 Å². The fraction of sp³-hybridized carbons (Fsp3) is 0.471. The molecule has 0 unspecified atom stereocenters. The average Bonchev–Trinajstić information content (AvgIpc) is 2.55. The molecule has 1 saturated carbocycles. The highest BCUT2D eigenvalue weighted by molar-refractivity contribution is 6.30. The summed E-state index contributed by atoms with van der Waals surface area (Å²) in [7, 11) is 0. The number of imide groups is 1. The van der Waals surface area contributed by atoms with Gasteiger partial charge in [-0.1, -0.05) is 31.4 Å². The lowest BCUT2D eigenvalue weighted by Crippen LogP contribution is -2.48. The van der Waals surface area contributed by atoms with Crippen LogP contribution in [-0.4, -0.2) is 30.6 Å². The Bertz CT molecular complexity index is 603. The van der Waals surface area contributed by atoms with E-state index in [1.54, 1.807) is 12.1 Å². The maximum atomic E-state index is 11.8. The molecule has 2 rings (SSSR count). The number of halogens is 1. The summed E-state index contributed by atoms with van der Waals surface area (Å²) >= 11 is 5.73. The molecule has 2 atom stereocenters. The fourth-order valence-corrected chi connectivity index (χ4v) is 2.82. The van der Waals surface area contributed by atoms with Gasteiger partial charge in [-0.15, -0.1) is 0 Å². The van der Waals surface area contributed by atoms with E-state index in [2.05, 4.69) is 17.6 Å². The van der Waals surface area contributed by atoms with Crippen LogP contribution >= 0.6 is 11.6 Å². The van der Waals surface area contributed by atoms with Crippen LogP contribution in [0.15, 0.2) is 24.3 Å². The third-order valence-electron chi connectivity index (χ3n) is 4.10. The van der Waals surface area contributed by atoms with Gasteiger partial charge in [0.1, 0.15) is 0 Å². The Morgan fingerprint density at radius 3 is 2.50 bits per heavy atom. The molecule has 7 heteroatoms. The van der Waals surface area contributed by atoms with Gasteiger partial charge in [0.05, 0.1) is 5.56 Å². The number of carbonyl (C=O) groups is 3. The molecule has 3 amide bonds. The summed E-state index contributed by atoms with van der Waals surface area (Å²) in [5.41, 5.74) is 0.285. The second kappa shape index (κ2) is 8.68. The lowest BCUT2D eigenvalue weighted by Gasteiger charge is -2.29. The van der Waals surface area contributed by atoms with Crippen molar-refractivity contribution in [1.29, 1.82) is 0 Å². The molecule has 1 aromatic rings. The van der Waals surface area contributed by atoms with Gasteiger partial charge in [0.2, 0.25) is 0 Å². The number of hydrogen-bond donors (Lipinski definition) is 2. The Labute approximate surface area is 145 Å². The smallest absolute Gasteiger partial charge is 0.338 e. The Morgan fingerprint density at radius 2 is 1.83 bits per heavy atom. The molecule has 0 heterocycles. The lowest BCUT2D eigenvalue weighted by molar-refractivity contribution is -0.123. The van der Waals surface area contributed by atoms with Crippen molar-refractivity contribution in [2.24, 2.45) is 5.92 Å². The van der Waals surface area contributed by atoms with E-state index in [4.69, 9.17) is 16.3 Å². The zero-order valence-corrected chi connectivity index (χ0v) is 14.3. The first-order valence-electron chi connectivity index (χ1n) is 7.98. The molecular weight excluding hydrogens is 332 g/mol. The number of benzene rings is 1. The van der Waals surface area contributed by atoms with Crippen LogP contribution in [0.4, 0.5) is 4.79 Å². The third-order valence-corrected chi connectivity index (χ3v) is 4.35. The topological polar surface area (TPSA) is 84.5 Å². The number of amides is 3. The molecule has 0 aromatic heterocycles. The molecule has 0 bridgehead atoms. The number of carbonyl (C=O) groups excluding carboxylic acids is 3. The second-order valence-electron chi connectivity index (χ2n) is 5.97. The normalized spacial score (nSPS) is 20.1. The van der Waals surface area contributed by atoms with Crippen molar-refractivity contribution in [2.75, 3.05) is 6.61 Å². The van der Waals surface area contributed by atoms with Crippen LogP contribution in [0.3, 0.4) is 0 Å². The SMILES string of the molecule is C[C@H]1CCCC[C@@H]1NC(=O)NC(=O)COC(=O)c1ccc(Cl)cc1. The van der Waals surface area contributed by atoms with Gasteiger partial charge in [-0.2, -0.15) is 0 Å². The van der Waals surface area contributed by atoms with Gasteiger partial charge >= 0.3 is 12.0 Å². The maximum absolute atomic E-state index is 11.8. The van der Waals surface area contributed by atoms with Crippen LogP contribution in [0.25, 0.3) is 0 Å². The lowest BCUT2D eigenvalue weighted by atomic mass is 9.86. The van der Waals surface area contributed by atoms with E-state index in [1.165, 1.54) is 18.6 Å². The number of esters is 1. The molecule has 1 aliphatic carbocycles.